The number of aromatic nitrogens is 1. The summed E-state index contributed by atoms with van der Waals surface area (Å²) in [6.45, 7) is 7.61. The second-order valence-electron chi connectivity index (χ2n) is 9.78. The van der Waals surface area contributed by atoms with Crippen LogP contribution < -0.4 is 9.47 Å². The number of allylic oxidation sites excluding steroid dienone is 4. The van der Waals surface area contributed by atoms with E-state index in [0.29, 0.717) is 0 Å². The van der Waals surface area contributed by atoms with Gasteiger partial charge in [0.15, 0.2) is 10.1 Å². The molecular formula is C27H28N2O3S3. The van der Waals surface area contributed by atoms with Gasteiger partial charge in [-0.3, -0.25) is 0 Å². The molecule has 2 heterocycles. The number of hydrogen-bond acceptors (Lipinski definition) is 6. The van der Waals surface area contributed by atoms with Gasteiger partial charge < -0.3 is 9.45 Å². The fourth-order valence-electron chi connectivity index (χ4n) is 4.95. The van der Waals surface area contributed by atoms with Gasteiger partial charge in [0.05, 0.1) is 10.7 Å². The molecule has 0 spiro atoms. The van der Waals surface area contributed by atoms with Gasteiger partial charge in [-0.05, 0) is 60.6 Å². The largest absolute Gasteiger partial charge is 0.743 e. The van der Waals surface area contributed by atoms with E-state index in [-0.39, 0.29) is 5.41 Å². The lowest BCUT2D eigenvalue weighted by Gasteiger charge is -2.31. The number of anilines is 1. The maximum atomic E-state index is 11.7. The average molecular weight is 525 g/mol. The predicted molar refractivity (Wildman–Crippen MR) is 144 cm³/mol. The zero-order chi connectivity index (χ0) is 24.8. The predicted octanol–water partition coefficient (Wildman–Crippen LogP) is 6.29. The quantitative estimate of drug-likeness (QED) is 0.290. The van der Waals surface area contributed by atoms with Gasteiger partial charge in [-0.15, -0.1) is 0 Å². The molecule has 1 aliphatic heterocycles. The molecule has 5 nitrogen and oxygen atoms in total. The van der Waals surface area contributed by atoms with Gasteiger partial charge in [0, 0.05) is 23.6 Å². The Labute approximate surface area is 215 Å². The van der Waals surface area contributed by atoms with E-state index in [2.05, 4.69) is 68.2 Å². The van der Waals surface area contributed by atoms with Crippen LogP contribution in [0.5, 0.6) is 0 Å². The third kappa shape index (κ3) is 5.26. The summed E-state index contributed by atoms with van der Waals surface area (Å²) in [5.74, 6) is -0.569. The van der Waals surface area contributed by atoms with E-state index in [4.69, 9.17) is 0 Å². The molecule has 0 saturated carbocycles. The number of rotatable bonds is 5. The number of hydrogen-bond donors (Lipinski definition) is 0. The molecule has 0 N–H and O–H groups in total. The Morgan fingerprint density at radius 3 is 2.60 bits per heavy atom. The van der Waals surface area contributed by atoms with Crippen LogP contribution in [0.2, 0.25) is 0 Å². The molecule has 0 saturated heterocycles. The van der Waals surface area contributed by atoms with E-state index >= 15 is 0 Å². The second kappa shape index (κ2) is 9.24. The summed E-state index contributed by atoms with van der Waals surface area (Å²) in [5.41, 5.74) is 4.48. The molecule has 2 aromatic carbocycles. The lowest BCUT2D eigenvalue weighted by molar-refractivity contribution is -0.649. The van der Waals surface area contributed by atoms with E-state index < -0.39 is 16.0 Å². The standard InChI is InChI=1S/C27H28N2O3S3/c1-4-28-21-9-5-7-11-23(21)33-25(28)14-19-13-20(17-27(2,3)16-19)15-26-29(18-35(30,31)32)22-10-6-8-12-24(22)34-26/h5-15H,4,16-18H2,1-3H3. The summed E-state index contributed by atoms with van der Waals surface area (Å²) >= 11 is 3.32. The Balaban J connectivity index is 1.56. The minimum atomic E-state index is -4.43. The average Bonchev–Trinajstić information content (AvgIpc) is 3.28. The van der Waals surface area contributed by atoms with E-state index in [1.165, 1.54) is 32.5 Å². The molecule has 0 amide bonds. The Bertz CT molecular complexity index is 1500. The third-order valence-corrected chi connectivity index (χ3v) is 9.03. The molecule has 1 aromatic heterocycles. The maximum Gasteiger partial charge on any atom is 0.263 e. The number of nitrogens with zero attached hydrogens (tertiary/aromatic N) is 2. The van der Waals surface area contributed by atoms with Crippen molar-refractivity contribution >= 4 is 55.2 Å². The molecule has 1 aliphatic carbocycles. The fourth-order valence-corrected chi connectivity index (χ4v) is 7.97. The highest BCUT2D eigenvalue weighted by atomic mass is 32.2. The lowest BCUT2D eigenvalue weighted by Crippen LogP contribution is -2.39. The Hall–Kier alpha value is -2.39. The molecule has 0 unspecified atom stereocenters. The summed E-state index contributed by atoms with van der Waals surface area (Å²) in [6.07, 6.45) is 8.43. The van der Waals surface area contributed by atoms with Crippen LogP contribution in [0.1, 0.15) is 38.6 Å². The molecule has 0 fully saturated rings. The van der Waals surface area contributed by atoms with E-state index in [0.717, 1.165) is 40.2 Å². The molecule has 3 aromatic rings. The molecule has 2 aliphatic rings. The van der Waals surface area contributed by atoms with E-state index in [1.807, 2.05) is 24.3 Å². The fraction of sp³-hybridized carbons (Fsp3) is 0.296. The topological polar surface area (TPSA) is 64.3 Å². The Morgan fingerprint density at radius 2 is 1.83 bits per heavy atom. The second-order valence-corrected chi connectivity index (χ2v) is 13.3. The van der Waals surface area contributed by atoms with Crippen molar-refractivity contribution < 1.29 is 17.5 Å². The van der Waals surface area contributed by atoms with Gasteiger partial charge in [0.2, 0.25) is 11.4 Å². The monoisotopic (exact) mass is 524 g/mol. The first-order valence-corrected chi connectivity index (χ1v) is 14.9. The molecule has 0 bridgehead atoms. The smallest absolute Gasteiger partial charge is 0.263 e. The number of fused-ring (bicyclic) bond motifs is 2. The molecule has 5 rings (SSSR count). The first kappa shape index (κ1) is 24.3. The van der Waals surface area contributed by atoms with E-state index in [1.54, 1.807) is 16.3 Å². The van der Waals surface area contributed by atoms with Crippen molar-refractivity contribution in [2.24, 2.45) is 5.41 Å². The third-order valence-electron chi connectivity index (χ3n) is 6.23. The molecule has 0 radical (unpaired) electrons. The number of thioether (sulfide) groups is 1. The zero-order valence-corrected chi connectivity index (χ0v) is 22.5. The van der Waals surface area contributed by atoms with Crippen molar-refractivity contribution in [3.8, 4) is 0 Å². The Morgan fingerprint density at radius 1 is 1.09 bits per heavy atom. The summed E-state index contributed by atoms with van der Waals surface area (Å²) in [7, 11) is -4.43. The van der Waals surface area contributed by atoms with Gasteiger partial charge in [-0.1, -0.05) is 67.3 Å². The molecular weight excluding hydrogens is 497 g/mol. The summed E-state index contributed by atoms with van der Waals surface area (Å²) in [4.78, 5) is 3.63. The number of benzene rings is 2. The first-order valence-electron chi connectivity index (χ1n) is 11.6. The first-order chi connectivity index (χ1) is 16.6. The van der Waals surface area contributed by atoms with Crippen LogP contribution in [0, 0.1) is 5.41 Å². The summed E-state index contributed by atoms with van der Waals surface area (Å²) < 4.78 is 37.6. The van der Waals surface area contributed by atoms with Crippen LogP contribution in [0.3, 0.4) is 0 Å². The normalized spacial score (nSPS) is 20.0. The zero-order valence-electron chi connectivity index (χ0n) is 20.0. The van der Waals surface area contributed by atoms with Crippen LogP contribution >= 0.6 is 23.1 Å². The number of para-hydroxylation sites is 2. The highest BCUT2D eigenvalue weighted by Crippen LogP contribution is 2.47. The van der Waals surface area contributed by atoms with Crippen molar-refractivity contribution in [1.82, 2.24) is 0 Å². The van der Waals surface area contributed by atoms with Crippen molar-refractivity contribution in [2.45, 2.75) is 44.4 Å². The minimum absolute atomic E-state index is 0.0618. The van der Waals surface area contributed by atoms with Gasteiger partial charge in [-0.2, -0.15) is 4.57 Å². The van der Waals surface area contributed by atoms with Crippen LogP contribution in [0.25, 0.3) is 16.3 Å². The molecule has 8 heteroatoms. The van der Waals surface area contributed by atoms with Crippen LogP contribution in [-0.2, 0) is 16.0 Å². The van der Waals surface area contributed by atoms with Gasteiger partial charge in [0.25, 0.3) is 5.01 Å². The van der Waals surface area contributed by atoms with Crippen LogP contribution in [0.4, 0.5) is 5.69 Å². The Kier molecular flexibility index (Phi) is 6.42. The summed E-state index contributed by atoms with van der Waals surface area (Å²) in [5, 5.41) is 2.01. The van der Waals surface area contributed by atoms with Crippen LogP contribution in [-0.4, -0.2) is 19.5 Å². The highest BCUT2D eigenvalue weighted by molar-refractivity contribution is 8.03. The molecule has 35 heavy (non-hydrogen) atoms. The van der Waals surface area contributed by atoms with Crippen LogP contribution in [0.15, 0.2) is 81.8 Å². The lowest BCUT2D eigenvalue weighted by atomic mass is 9.75. The maximum absolute atomic E-state index is 11.7. The molecule has 182 valence electrons. The van der Waals surface area contributed by atoms with Gasteiger partial charge in [-0.25, -0.2) is 8.42 Å². The van der Waals surface area contributed by atoms with Crippen molar-refractivity contribution in [3.05, 3.63) is 81.9 Å². The minimum Gasteiger partial charge on any atom is -0.743 e. The summed E-state index contributed by atoms with van der Waals surface area (Å²) in [6, 6.07) is 16.1. The molecule has 0 atom stereocenters. The van der Waals surface area contributed by atoms with Crippen molar-refractivity contribution in [1.29, 1.82) is 0 Å². The van der Waals surface area contributed by atoms with E-state index in [9.17, 15) is 13.0 Å². The number of thiazole rings is 1. The van der Waals surface area contributed by atoms with Crippen molar-refractivity contribution in [3.63, 3.8) is 0 Å². The SMILES string of the molecule is CCN1C(=CC2=CC(=Cc3sc4ccccc4[n+]3CS(=O)(=O)[O-])CC(C)(C)C2)Sc2ccccc21. The van der Waals surface area contributed by atoms with Crippen molar-refractivity contribution in [2.75, 3.05) is 11.4 Å². The highest BCUT2D eigenvalue weighted by Gasteiger charge is 2.29. The van der Waals surface area contributed by atoms with Gasteiger partial charge >= 0.3 is 0 Å². The van der Waals surface area contributed by atoms with Gasteiger partial charge in [0.1, 0.15) is 4.70 Å².